The highest BCUT2D eigenvalue weighted by molar-refractivity contribution is 5.80. The first-order chi connectivity index (χ1) is 8.05. The maximum atomic E-state index is 11.5. The number of carboxylic acid groups (broad SMARTS) is 1. The second kappa shape index (κ2) is 3.93. The van der Waals surface area contributed by atoms with Crippen LogP contribution in [-0.4, -0.2) is 20.9 Å². The van der Waals surface area contributed by atoms with Gasteiger partial charge >= 0.3 is 5.97 Å². The van der Waals surface area contributed by atoms with E-state index in [2.05, 4.69) is 5.10 Å². The lowest BCUT2D eigenvalue weighted by atomic mass is 9.92. The van der Waals surface area contributed by atoms with Gasteiger partial charge in [-0.2, -0.15) is 5.10 Å². The summed E-state index contributed by atoms with van der Waals surface area (Å²) in [5.74, 6) is -0.980. The molecule has 0 aliphatic carbocycles. The highest BCUT2D eigenvalue weighted by Gasteiger charge is 2.38. The molecule has 0 saturated heterocycles. The van der Waals surface area contributed by atoms with Crippen molar-refractivity contribution >= 4 is 11.7 Å². The van der Waals surface area contributed by atoms with Gasteiger partial charge in [-0.05, 0) is 12.5 Å². The van der Waals surface area contributed by atoms with Gasteiger partial charge in [-0.3, -0.25) is 0 Å². The van der Waals surface area contributed by atoms with Gasteiger partial charge in [0, 0.05) is 6.20 Å². The second-order valence-electron chi connectivity index (χ2n) is 3.96. The van der Waals surface area contributed by atoms with Crippen LogP contribution in [0.25, 0.3) is 0 Å². The van der Waals surface area contributed by atoms with E-state index >= 15 is 0 Å². The van der Waals surface area contributed by atoms with E-state index in [1.807, 2.05) is 6.07 Å². The predicted octanol–water partition coefficient (Wildman–Crippen LogP) is 1.31. The molecule has 0 aliphatic rings. The zero-order valence-corrected chi connectivity index (χ0v) is 9.37. The summed E-state index contributed by atoms with van der Waals surface area (Å²) in [5.41, 5.74) is 5.41. The lowest BCUT2D eigenvalue weighted by Gasteiger charge is -2.25. The number of nitrogens with two attached hydrogens (primary N) is 1. The Bertz CT molecular complexity index is 536. The number of hydrogen-bond donors (Lipinski definition) is 2. The summed E-state index contributed by atoms with van der Waals surface area (Å²) in [6.07, 6.45) is 2.95. The zero-order valence-electron chi connectivity index (χ0n) is 9.37. The summed E-state index contributed by atoms with van der Waals surface area (Å²) < 4.78 is 1.36. The molecular formula is C12H13N3O2. The van der Waals surface area contributed by atoms with Crippen molar-refractivity contribution in [2.75, 3.05) is 5.73 Å². The zero-order chi connectivity index (χ0) is 12.5. The van der Waals surface area contributed by atoms with Crippen molar-refractivity contribution in [3.63, 3.8) is 0 Å². The van der Waals surface area contributed by atoms with Crippen LogP contribution in [-0.2, 0) is 10.3 Å². The molecule has 1 aromatic carbocycles. The molecule has 5 nitrogen and oxygen atoms in total. The number of carboxylic acids is 1. The van der Waals surface area contributed by atoms with E-state index in [9.17, 15) is 9.90 Å². The van der Waals surface area contributed by atoms with Gasteiger partial charge < -0.3 is 10.8 Å². The van der Waals surface area contributed by atoms with E-state index in [0.29, 0.717) is 11.3 Å². The Balaban J connectivity index is 2.58. The monoisotopic (exact) mass is 231 g/mol. The Morgan fingerprint density at radius 1 is 1.41 bits per heavy atom. The molecule has 3 N–H and O–H groups in total. The molecule has 2 aromatic rings. The van der Waals surface area contributed by atoms with Crippen LogP contribution in [0.4, 0.5) is 5.69 Å². The van der Waals surface area contributed by atoms with Crippen molar-refractivity contribution in [3.05, 3.63) is 48.3 Å². The molecule has 1 unspecified atom stereocenters. The average Bonchev–Trinajstić information content (AvgIpc) is 2.76. The number of hydrogen-bond acceptors (Lipinski definition) is 3. The Labute approximate surface area is 98.5 Å². The van der Waals surface area contributed by atoms with Crippen LogP contribution in [0.5, 0.6) is 0 Å². The third kappa shape index (κ3) is 1.75. The summed E-state index contributed by atoms with van der Waals surface area (Å²) >= 11 is 0. The normalized spacial score (nSPS) is 14.2. The van der Waals surface area contributed by atoms with E-state index in [0.717, 1.165) is 0 Å². The van der Waals surface area contributed by atoms with Crippen LogP contribution in [0.15, 0.2) is 42.7 Å². The number of aliphatic carboxylic acids is 1. The Kier molecular flexibility index (Phi) is 2.59. The minimum atomic E-state index is -1.25. The first kappa shape index (κ1) is 11.2. The van der Waals surface area contributed by atoms with Gasteiger partial charge in [0.15, 0.2) is 5.54 Å². The standard InChI is InChI=1S/C12H13N3O2/c1-12(11(16)17,9-5-3-2-4-6-9)15-8-10(13)7-14-15/h2-8H,13H2,1H3,(H,16,17). The summed E-state index contributed by atoms with van der Waals surface area (Å²) in [6, 6.07) is 8.94. The van der Waals surface area contributed by atoms with Crippen LogP contribution in [0.2, 0.25) is 0 Å². The van der Waals surface area contributed by atoms with E-state index in [4.69, 9.17) is 5.73 Å². The van der Waals surface area contributed by atoms with E-state index in [1.54, 1.807) is 31.2 Å². The van der Waals surface area contributed by atoms with Gasteiger partial charge in [-0.25, -0.2) is 9.48 Å². The quantitative estimate of drug-likeness (QED) is 0.834. The fourth-order valence-electron chi connectivity index (χ4n) is 1.70. The lowest BCUT2D eigenvalue weighted by molar-refractivity contribution is -0.144. The fourth-order valence-corrected chi connectivity index (χ4v) is 1.70. The van der Waals surface area contributed by atoms with Crippen LogP contribution < -0.4 is 5.73 Å². The lowest BCUT2D eigenvalue weighted by Crippen LogP contribution is -2.40. The largest absolute Gasteiger partial charge is 0.479 e. The minimum Gasteiger partial charge on any atom is -0.479 e. The van der Waals surface area contributed by atoms with Gasteiger partial charge in [-0.15, -0.1) is 0 Å². The van der Waals surface area contributed by atoms with Gasteiger partial charge in [0.2, 0.25) is 0 Å². The predicted molar refractivity (Wildman–Crippen MR) is 63.5 cm³/mol. The van der Waals surface area contributed by atoms with Crippen molar-refractivity contribution in [2.45, 2.75) is 12.5 Å². The van der Waals surface area contributed by atoms with E-state index < -0.39 is 11.5 Å². The molecule has 88 valence electrons. The molecule has 2 rings (SSSR count). The summed E-state index contributed by atoms with van der Waals surface area (Å²) in [4.78, 5) is 11.5. The van der Waals surface area contributed by atoms with Crippen LogP contribution in [0.3, 0.4) is 0 Å². The number of aromatic nitrogens is 2. The molecule has 0 bridgehead atoms. The molecule has 0 radical (unpaired) electrons. The summed E-state index contributed by atoms with van der Waals surface area (Å²) in [5, 5.41) is 13.4. The van der Waals surface area contributed by atoms with E-state index in [-0.39, 0.29) is 0 Å². The molecule has 0 spiro atoms. The maximum absolute atomic E-state index is 11.5. The summed E-state index contributed by atoms with van der Waals surface area (Å²) in [7, 11) is 0. The molecule has 0 fully saturated rings. The minimum absolute atomic E-state index is 0.438. The Morgan fingerprint density at radius 3 is 2.53 bits per heavy atom. The average molecular weight is 231 g/mol. The van der Waals surface area contributed by atoms with Crippen molar-refractivity contribution < 1.29 is 9.90 Å². The molecule has 0 aliphatic heterocycles. The fraction of sp³-hybridized carbons (Fsp3) is 0.167. The van der Waals surface area contributed by atoms with Crippen molar-refractivity contribution in [1.82, 2.24) is 9.78 Å². The topological polar surface area (TPSA) is 81.1 Å². The number of nitrogens with zero attached hydrogens (tertiary/aromatic N) is 2. The van der Waals surface area contributed by atoms with Crippen molar-refractivity contribution in [2.24, 2.45) is 0 Å². The number of nitrogen functional groups attached to an aromatic ring is 1. The number of benzene rings is 1. The van der Waals surface area contributed by atoms with Crippen molar-refractivity contribution in [1.29, 1.82) is 0 Å². The van der Waals surface area contributed by atoms with Crippen molar-refractivity contribution in [3.8, 4) is 0 Å². The number of anilines is 1. The molecule has 1 atom stereocenters. The van der Waals surface area contributed by atoms with Crippen LogP contribution in [0.1, 0.15) is 12.5 Å². The molecular weight excluding hydrogens is 218 g/mol. The maximum Gasteiger partial charge on any atom is 0.336 e. The third-order valence-electron chi connectivity index (χ3n) is 2.81. The first-order valence-electron chi connectivity index (χ1n) is 5.14. The molecule has 1 heterocycles. The molecule has 0 saturated carbocycles. The first-order valence-corrected chi connectivity index (χ1v) is 5.14. The molecule has 1 aromatic heterocycles. The smallest absolute Gasteiger partial charge is 0.336 e. The number of rotatable bonds is 3. The SMILES string of the molecule is CC(C(=O)O)(c1ccccc1)n1cc(N)cn1. The Morgan fingerprint density at radius 2 is 2.06 bits per heavy atom. The summed E-state index contributed by atoms with van der Waals surface area (Å²) in [6.45, 7) is 1.59. The molecule has 17 heavy (non-hydrogen) atoms. The molecule has 0 amide bonds. The number of carbonyl (C=O) groups is 1. The van der Waals surface area contributed by atoms with E-state index in [1.165, 1.54) is 17.1 Å². The highest BCUT2D eigenvalue weighted by Crippen LogP contribution is 2.26. The highest BCUT2D eigenvalue weighted by atomic mass is 16.4. The van der Waals surface area contributed by atoms with Gasteiger partial charge in [0.25, 0.3) is 0 Å². The van der Waals surface area contributed by atoms with Gasteiger partial charge in [0.1, 0.15) is 0 Å². The van der Waals surface area contributed by atoms with Gasteiger partial charge in [0.05, 0.1) is 11.9 Å². The molecule has 5 heteroatoms. The third-order valence-corrected chi connectivity index (χ3v) is 2.81. The Hall–Kier alpha value is -2.30. The second-order valence-corrected chi connectivity index (χ2v) is 3.96. The van der Waals surface area contributed by atoms with Crippen LogP contribution >= 0.6 is 0 Å². The van der Waals surface area contributed by atoms with Crippen LogP contribution in [0, 0.1) is 0 Å². The van der Waals surface area contributed by atoms with Gasteiger partial charge in [-0.1, -0.05) is 30.3 Å².